The molecule has 4 heteroatoms. The van der Waals surface area contributed by atoms with Crippen LogP contribution in [0.15, 0.2) is 71.7 Å². The van der Waals surface area contributed by atoms with Crippen LogP contribution in [0.5, 0.6) is 5.75 Å². The summed E-state index contributed by atoms with van der Waals surface area (Å²) in [5, 5.41) is 11.3. The first-order valence-electron chi connectivity index (χ1n) is 10.1. The Bertz CT molecular complexity index is 1050. The molecule has 0 spiro atoms. The van der Waals surface area contributed by atoms with Crippen molar-refractivity contribution < 1.29 is 14.6 Å². The van der Waals surface area contributed by atoms with Crippen LogP contribution in [0.1, 0.15) is 49.3 Å². The fourth-order valence-electron chi connectivity index (χ4n) is 4.19. The molecule has 1 saturated carbocycles. The van der Waals surface area contributed by atoms with E-state index in [1.807, 2.05) is 12.1 Å². The molecule has 1 N–H and O–H groups in total. The van der Waals surface area contributed by atoms with Crippen molar-refractivity contribution in [3.63, 3.8) is 0 Å². The molecule has 3 aromatic rings. The highest BCUT2D eigenvalue weighted by Gasteiger charge is 2.23. The lowest BCUT2D eigenvalue weighted by molar-refractivity contribution is -0.139. The van der Waals surface area contributed by atoms with Gasteiger partial charge in [0, 0.05) is 5.71 Å². The second-order valence-corrected chi connectivity index (χ2v) is 7.63. The number of aliphatic imine (C=N–C) groups is 1. The number of hydrogen-bond acceptors (Lipinski definition) is 3. The number of carboxylic acid groups (broad SMARTS) is 1. The first kappa shape index (κ1) is 19.2. The third kappa shape index (κ3) is 4.48. The van der Waals surface area contributed by atoms with E-state index in [4.69, 9.17) is 14.8 Å². The molecule has 0 aromatic heterocycles. The van der Waals surface area contributed by atoms with Gasteiger partial charge in [-0.3, -0.25) is 4.99 Å². The highest BCUT2D eigenvalue weighted by atomic mass is 16.5. The zero-order valence-electron chi connectivity index (χ0n) is 16.5. The highest BCUT2D eigenvalue weighted by Crippen LogP contribution is 2.36. The van der Waals surface area contributed by atoms with Crippen LogP contribution in [0.25, 0.3) is 10.8 Å². The van der Waals surface area contributed by atoms with Crippen molar-refractivity contribution >= 4 is 22.5 Å². The Hall–Kier alpha value is -3.14. The smallest absolute Gasteiger partial charge is 0.341 e. The lowest BCUT2D eigenvalue weighted by Crippen LogP contribution is -2.09. The van der Waals surface area contributed by atoms with E-state index >= 15 is 0 Å². The van der Waals surface area contributed by atoms with E-state index in [9.17, 15) is 4.79 Å². The minimum atomic E-state index is -0.965. The number of fused-ring (bicyclic) bond motifs is 1. The van der Waals surface area contributed by atoms with E-state index in [-0.39, 0.29) is 12.6 Å². The van der Waals surface area contributed by atoms with Gasteiger partial charge in [0.2, 0.25) is 0 Å². The summed E-state index contributed by atoms with van der Waals surface area (Å²) in [5.74, 6) is 0.0503. The van der Waals surface area contributed by atoms with E-state index in [1.54, 1.807) is 6.07 Å². The Kier molecular flexibility index (Phi) is 5.61. The average molecular weight is 387 g/mol. The molecule has 1 aliphatic rings. The molecule has 3 aromatic carbocycles. The zero-order chi connectivity index (χ0) is 20.2. The molecule has 0 radical (unpaired) electrons. The maximum Gasteiger partial charge on any atom is 0.341 e. The summed E-state index contributed by atoms with van der Waals surface area (Å²) in [6.07, 6.45) is 3.00. The number of benzene rings is 3. The number of hydrogen-bond donors (Lipinski definition) is 1. The Morgan fingerprint density at radius 2 is 1.93 bits per heavy atom. The van der Waals surface area contributed by atoms with Crippen molar-refractivity contribution in [1.82, 2.24) is 0 Å². The van der Waals surface area contributed by atoms with Gasteiger partial charge < -0.3 is 9.84 Å². The van der Waals surface area contributed by atoms with Crippen molar-refractivity contribution in [2.24, 2.45) is 4.99 Å². The number of carboxylic acids is 1. The predicted molar refractivity (Wildman–Crippen MR) is 116 cm³/mol. The summed E-state index contributed by atoms with van der Waals surface area (Å²) < 4.78 is 5.33. The molecule has 0 heterocycles. The van der Waals surface area contributed by atoms with E-state index in [1.165, 1.54) is 27.6 Å². The van der Waals surface area contributed by atoms with Crippen molar-refractivity contribution in [2.45, 2.75) is 38.1 Å². The maximum absolute atomic E-state index is 10.7. The first-order chi connectivity index (χ1) is 14.1. The minimum absolute atomic E-state index is 0.125. The molecule has 4 rings (SSSR count). The summed E-state index contributed by atoms with van der Waals surface area (Å²) in [5.41, 5.74) is 3.71. The fraction of sp³-hybridized carbons (Fsp3) is 0.280. The molecule has 2 atom stereocenters. The molecule has 1 unspecified atom stereocenters. The van der Waals surface area contributed by atoms with Gasteiger partial charge in [0.1, 0.15) is 5.75 Å². The Labute approximate surface area is 170 Å². The standard InChI is InChI=1S/C25H25NO3/c1-17(23-11-5-7-18-6-2-3-10-24(18)23)26-21-13-12-20(14-21)19-8-4-9-22(15-19)29-16-25(27)28/h2-11,15,17,20H,12-14,16H2,1H3,(H,27,28)/t17-,20?/m1/s1. The van der Waals surface area contributed by atoms with E-state index in [0.717, 1.165) is 19.3 Å². The third-order valence-corrected chi connectivity index (χ3v) is 5.60. The van der Waals surface area contributed by atoms with Gasteiger partial charge in [-0.15, -0.1) is 0 Å². The summed E-state index contributed by atoms with van der Waals surface area (Å²) in [4.78, 5) is 15.8. The lowest BCUT2D eigenvalue weighted by atomic mass is 9.97. The molecule has 29 heavy (non-hydrogen) atoms. The van der Waals surface area contributed by atoms with Crippen LogP contribution in [0.3, 0.4) is 0 Å². The van der Waals surface area contributed by atoms with Gasteiger partial charge in [-0.25, -0.2) is 4.79 Å². The van der Waals surface area contributed by atoms with Gasteiger partial charge in [0.25, 0.3) is 0 Å². The van der Waals surface area contributed by atoms with Gasteiger partial charge in [0.05, 0.1) is 6.04 Å². The predicted octanol–water partition coefficient (Wildman–Crippen LogP) is 5.77. The molecule has 0 saturated heterocycles. The number of rotatable bonds is 6. The number of aliphatic carboxylic acids is 1. The molecule has 0 aliphatic heterocycles. The SMILES string of the molecule is C[C@@H](N=C1CCC(c2cccc(OCC(=O)O)c2)C1)c1cccc2ccccc12. The van der Waals surface area contributed by atoms with Crippen LogP contribution in [0.4, 0.5) is 0 Å². The quantitative estimate of drug-likeness (QED) is 0.584. The van der Waals surface area contributed by atoms with Crippen LogP contribution >= 0.6 is 0 Å². The fourth-order valence-corrected chi connectivity index (χ4v) is 4.19. The third-order valence-electron chi connectivity index (χ3n) is 5.60. The lowest BCUT2D eigenvalue weighted by Gasteiger charge is -2.13. The van der Waals surface area contributed by atoms with Gasteiger partial charge in [-0.2, -0.15) is 0 Å². The van der Waals surface area contributed by atoms with Gasteiger partial charge >= 0.3 is 5.97 Å². The van der Waals surface area contributed by atoms with E-state index < -0.39 is 5.97 Å². The first-order valence-corrected chi connectivity index (χ1v) is 10.1. The van der Waals surface area contributed by atoms with Crippen LogP contribution in [0, 0.1) is 0 Å². The normalized spacial score (nSPS) is 18.8. The zero-order valence-corrected chi connectivity index (χ0v) is 16.5. The summed E-state index contributed by atoms with van der Waals surface area (Å²) in [6.45, 7) is 1.85. The van der Waals surface area contributed by atoms with Crippen molar-refractivity contribution in [2.75, 3.05) is 6.61 Å². The number of ether oxygens (including phenoxy) is 1. The molecule has 0 amide bonds. The second-order valence-electron chi connectivity index (χ2n) is 7.63. The average Bonchev–Trinajstić information content (AvgIpc) is 3.20. The highest BCUT2D eigenvalue weighted by molar-refractivity contribution is 5.89. The molecule has 0 bridgehead atoms. The van der Waals surface area contributed by atoms with Crippen LogP contribution in [0.2, 0.25) is 0 Å². The number of carbonyl (C=O) groups is 1. The van der Waals surface area contributed by atoms with Crippen molar-refractivity contribution in [3.05, 3.63) is 77.9 Å². The van der Waals surface area contributed by atoms with E-state index in [2.05, 4.69) is 55.5 Å². The van der Waals surface area contributed by atoms with E-state index in [0.29, 0.717) is 11.7 Å². The summed E-state index contributed by atoms with van der Waals surface area (Å²) >= 11 is 0. The molecular weight excluding hydrogens is 362 g/mol. The van der Waals surface area contributed by atoms with Gasteiger partial charge in [-0.05, 0) is 66.1 Å². The van der Waals surface area contributed by atoms with Gasteiger partial charge in [-0.1, -0.05) is 54.6 Å². The van der Waals surface area contributed by atoms with Crippen LogP contribution in [-0.4, -0.2) is 23.4 Å². The topological polar surface area (TPSA) is 58.9 Å². The molecular formula is C25H25NO3. The molecule has 148 valence electrons. The van der Waals surface area contributed by atoms with Crippen LogP contribution in [-0.2, 0) is 4.79 Å². The maximum atomic E-state index is 10.7. The van der Waals surface area contributed by atoms with Gasteiger partial charge in [0.15, 0.2) is 6.61 Å². The Morgan fingerprint density at radius 3 is 2.79 bits per heavy atom. The van der Waals surface area contributed by atoms with Crippen LogP contribution < -0.4 is 4.74 Å². The largest absolute Gasteiger partial charge is 0.482 e. The Morgan fingerprint density at radius 1 is 1.14 bits per heavy atom. The van der Waals surface area contributed by atoms with Crippen molar-refractivity contribution in [1.29, 1.82) is 0 Å². The Balaban J connectivity index is 1.49. The summed E-state index contributed by atoms with van der Waals surface area (Å²) in [6, 6.07) is 22.8. The number of nitrogens with zero attached hydrogens (tertiary/aromatic N) is 1. The molecule has 1 aliphatic carbocycles. The summed E-state index contributed by atoms with van der Waals surface area (Å²) in [7, 11) is 0. The molecule has 1 fully saturated rings. The molecule has 4 nitrogen and oxygen atoms in total. The minimum Gasteiger partial charge on any atom is -0.482 e. The second kappa shape index (κ2) is 8.48. The van der Waals surface area contributed by atoms with Crippen molar-refractivity contribution in [3.8, 4) is 5.75 Å². The monoisotopic (exact) mass is 387 g/mol.